The summed E-state index contributed by atoms with van der Waals surface area (Å²) < 4.78 is 0. The number of rotatable bonds is 19. The van der Waals surface area contributed by atoms with Crippen molar-refractivity contribution in [2.45, 2.75) is 103 Å². The first-order chi connectivity index (χ1) is 13.2. The number of allylic oxidation sites excluding steroid dienone is 5. The average molecular weight is 377 g/mol. The second kappa shape index (κ2) is 20.7. The maximum atomic E-state index is 11.3. The van der Waals surface area contributed by atoms with Crippen molar-refractivity contribution in [1.82, 2.24) is 0 Å². The van der Waals surface area contributed by atoms with Crippen LogP contribution in [-0.4, -0.2) is 16.9 Å². The highest BCUT2D eigenvalue weighted by Gasteiger charge is 1.94. The van der Waals surface area contributed by atoms with Gasteiger partial charge in [-0.1, -0.05) is 89.4 Å². The lowest BCUT2D eigenvalue weighted by Crippen LogP contribution is -1.91. The van der Waals surface area contributed by atoms with E-state index in [0.29, 0.717) is 0 Å². The summed E-state index contributed by atoms with van der Waals surface area (Å²) in [6, 6.07) is 0. The molecule has 0 fully saturated rings. The highest BCUT2D eigenvalue weighted by molar-refractivity contribution is 6.02. The maximum absolute atomic E-state index is 11.3. The SMILES string of the molecule is CC/C=C\CCCCCCCCCCCCCC/C=C/C(=O)/C=C/C(=O)O. The van der Waals surface area contributed by atoms with Crippen LogP contribution in [0.15, 0.2) is 36.5 Å². The third-order valence-corrected chi connectivity index (χ3v) is 4.57. The van der Waals surface area contributed by atoms with Crippen LogP contribution in [0, 0.1) is 0 Å². The molecule has 0 unspecified atom stereocenters. The summed E-state index contributed by atoms with van der Waals surface area (Å²) in [7, 11) is 0. The van der Waals surface area contributed by atoms with E-state index in [2.05, 4.69) is 19.1 Å². The monoisotopic (exact) mass is 376 g/mol. The predicted molar refractivity (Wildman–Crippen MR) is 115 cm³/mol. The van der Waals surface area contributed by atoms with Gasteiger partial charge in [0.25, 0.3) is 0 Å². The standard InChI is InChI=1S/C24H40O3/c1-2-3-4-5-6-7-8-9-10-11-12-13-14-15-16-17-18-19-20-23(25)21-22-24(26)27/h3-4,19-22H,2,5-18H2,1H3,(H,26,27)/b4-3-,20-19+,22-21+. The number of hydrogen-bond donors (Lipinski definition) is 1. The predicted octanol–water partition coefficient (Wildman–Crippen LogP) is 7.18. The molecule has 0 heterocycles. The van der Waals surface area contributed by atoms with Crippen LogP contribution in [0.25, 0.3) is 0 Å². The fourth-order valence-corrected chi connectivity index (χ4v) is 2.99. The van der Waals surface area contributed by atoms with Gasteiger partial charge in [0, 0.05) is 6.08 Å². The van der Waals surface area contributed by atoms with Crippen molar-refractivity contribution in [3.8, 4) is 0 Å². The number of aliphatic carboxylic acids is 1. The Morgan fingerprint density at radius 3 is 1.48 bits per heavy atom. The van der Waals surface area contributed by atoms with E-state index in [-0.39, 0.29) is 5.78 Å². The van der Waals surface area contributed by atoms with Crippen molar-refractivity contribution in [3.63, 3.8) is 0 Å². The summed E-state index contributed by atoms with van der Waals surface area (Å²) >= 11 is 0. The zero-order valence-electron chi connectivity index (χ0n) is 17.3. The fourth-order valence-electron chi connectivity index (χ4n) is 2.99. The molecule has 0 saturated heterocycles. The molecule has 0 spiro atoms. The molecule has 154 valence electrons. The minimum atomic E-state index is -1.09. The Labute approximate surface area is 166 Å². The molecule has 3 nitrogen and oxygen atoms in total. The lowest BCUT2D eigenvalue weighted by molar-refractivity contribution is -0.131. The van der Waals surface area contributed by atoms with Crippen LogP contribution in [0.3, 0.4) is 0 Å². The van der Waals surface area contributed by atoms with E-state index in [0.717, 1.165) is 31.4 Å². The van der Waals surface area contributed by atoms with Gasteiger partial charge in [-0.15, -0.1) is 0 Å². The molecule has 27 heavy (non-hydrogen) atoms. The Kier molecular flexibility index (Phi) is 19.4. The second-order valence-electron chi connectivity index (χ2n) is 7.18. The molecule has 0 atom stereocenters. The summed E-state index contributed by atoms with van der Waals surface area (Å²) in [4.78, 5) is 21.6. The molecule has 0 saturated carbocycles. The third kappa shape index (κ3) is 22.3. The Morgan fingerprint density at radius 1 is 0.593 bits per heavy atom. The average Bonchev–Trinajstić information content (AvgIpc) is 2.65. The van der Waals surface area contributed by atoms with E-state index in [4.69, 9.17) is 5.11 Å². The molecule has 0 aromatic rings. The molecule has 0 radical (unpaired) electrons. The molecular weight excluding hydrogens is 336 g/mol. The van der Waals surface area contributed by atoms with E-state index >= 15 is 0 Å². The summed E-state index contributed by atoms with van der Waals surface area (Å²) in [5, 5.41) is 8.42. The molecule has 0 aliphatic heterocycles. The van der Waals surface area contributed by atoms with Crippen LogP contribution in [0.5, 0.6) is 0 Å². The zero-order valence-corrected chi connectivity index (χ0v) is 17.3. The van der Waals surface area contributed by atoms with E-state index < -0.39 is 5.97 Å². The molecule has 0 aromatic carbocycles. The van der Waals surface area contributed by atoms with Gasteiger partial charge in [0.2, 0.25) is 0 Å². The summed E-state index contributed by atoms with van der Waals surface area (Å²) in [5.41, 5.74) is 0. The molecule has 0 aliphatic rings. The number of carboxylic acids is 1. The van der Waals surface area contributed by atoms with Crippen LogP contribution < -0.4 is 0 Å². The van der Waals surface area contributed by atoms with Gasteiger partial charge in [0.05, 0.1) is 0 Å². The van der Waals surface area contributed by atoms with Crippen molar-refractivity contribution >= 4 is 11.8 Å². The Bertz CT molecular complexity index is 447. The summed E-state index contributed by atoms with van der Waals surface area (Å²) in [5.74, 6) is -1.35. The lowest BCUT2D eigenvalue weighted by Gasteiger charge is -2.02. The molecule has 0 bridgehead atoms. The largest absolute Gasteiger partial charge is 0.478 e. The van der Waals surface area contributed by atoms with Crippen LogP contribution in [0.2, 0.25) is 0 Å². The Balaban J connectivity index is 3.24. The van der Waals surface area contributed by atoms with Crippen molar-refractivity contribution in [3.05, 3.63) is 36.5 Å². The molecule has 0 aromatic heterocycles. The summed E-state index contributed by atoms with van der Waals surface area (Å²) in [6.07, 6.45) is 29.0. The number of carboxylic acid groups (broad SMARTS) is 1. The van der Waals surface area contributed by atoms with Gasteiger partial charge >= 0.3 is 5.97 Å². The van der Waals surface area contributed by atoms with E-state index in [9.17, 15) is 9.59 Å². The number of carbonyl (C=O) groups is 2. The smallest absolute Gasteiger partial charge is 0.328 e. The Hall–Kier alpha value is -1.64. The molecule has 1 N–H and O–H groups in total. The van der Waals surface area contributed by atoms with Gasteiger partial charge in [-0.25, -0.2) is 4.79 Å². The van der Waals surface area contributed by atoms with Gasteiger partial charge < -0.3 is 5.11 Å². The van der Waals surface area contributed by atoms with Gasteiger partial charge in [-0.3, -0.25) is 4.79 Å². The van der Waals surface area contributed by atoms with Crippen LogP contribution in [-0.2, 0) is 9.59 Å². The first-order valence-electron chi connectivity index (χ1n) is 10.9. The molecular formula is C24H40O3. The van der Waals surface area contributed by atoms with E-state index in [1.54, 1.807) is 0 Å². The van der Waals surface area contributed by atoms with Crippen molar-refractivity contribution in [2.75, 3.05) is 0 Å². The van der Waals surface area contributed by atoms with Gasteiger partial charge in [0.1, 0.15) is 0 Å². The van der Waals surface area contributed by atoms with Crippen molar-refractivity contribution in [1.29, 1.82) is 0 Å². The number of ketones is 1. The Morgan fingerprint density at radius 2 is 1.04 bits per heavy atom. The normalized spacial score (nSPS) is 11.9. The lowest BCUT2D eigenvalue weighted by atomic mass is 10.0. The number of carbonyl (C=O) groups excluding carboxylic acids is 1. The van der Waals surface area contributed by atoms with Crippen LogP contribution >= 0.6 is 0 Å². The summed E-state index contributed by atoms with van der Waals surface area (Å²) in [6.45, 7) is 2.19. The number of hydrogen-bond acceptors (Lipinski definition) is 2. The van der Waals surface area contributed by atoms with Gasteiger partial charge in [0.15, 0.2) is 5.78 Å². The highest BCUT2D eigenvalue weighted by Crippen LogP contribution is 2.13. The second-order valence-corrected chi connectivity index (χ2v) is 7.18. The maximum Gasteiger partial charge on any atom is 0.328 e. The van der Waals surface area contributed by atoms with Gasteiger partial charge in [-0.05, 0) is 44.3 Å². The quantitative estimate of drug-likeness (QED) is 0.147. The molecule has 0 aliphatic carbocycles. The molecule has 3 heteroatoms. The fraction of sp³-hybridized carbons (Fsp3) is 0.667. The first-order valence-corrected chi connectivity index (χ1v) is 10.9. The molecule has 0 rings (SSSR count). The minimum absolute atomic E-state index is 0.259. The van der Waals surface area contributed by atoms with Gasteiger partial charge in [-0.2, -0.15) is 0 Å². The topological polar surface area (TPSA) is 54.4 Å². The minimum Gasteiger partial charge on any atom is -0.478 e. The van der Waals surface area contributed by atoms with Crippen LogP contribution in [0.4, 0.5) is 0 Å². The molecule has 0 amide bonds. The highest BCUT2D eigenvalue weighted by atomic mass is 16.4. The first kappa shape index (κ1) is 25.4. The van der Waals surface area contributed by atoms with E-state index in [1.165, 1.54) is 83.1 Å². The van der Waals surface area contributed by atoms with Crippen molar-refractivity contribution in [2.24, 2.45) is 0 Å². The third-order valence-electron chi connectivity index (χ3n) is 4.57. The van der Waals surface area contributed by atoms with Crippen molar-refractivity contribution < 1.29 is 14.7 Å². The number of unbranched alkanes of at least 4 members (excludes halogenated alkanes) is 13. The zero-order chi connectivity index (χ0) is 20.0. The van der Waals surface area contributed by atoms with Crippen LogP contribution in [0.1, 0.15) is 103 Å². The van der Waals surface area contributed by atoms with E-state index in [1.807, 2.05) is 6.08 Å².